The second-order valence-electron chi connectivity index (χ2n) is 3.48. The summed E-state index contributed by atoms with van der Waals surface area (Å²) in [5.74, 6) is -5.27. The van der Waals surface area contributed by atoms with Gasteiger partial charge in [0.15, 0.2) is 5.69 Å². The maximum atomic E-state index is 13.4. The van der Waals surface area contributed by atoms with Crippen molar-refractivity contribution in [1.29, 1.82) is 0 Å². The molecule has 0 radical (unpaired) electrons. The number of nitrogens with zero attached hydrogens (tertiary/aromatic N) is 1. The van der Waals surface area contributed by atoms with Crippen LogP contribution < -0.4 is 0 Å². The van der Waals surface area contributed by atoms with Crippen molar-refractivity contribution in [3.8, 4) is 11.5 Å². The Kier molecular flexibility index (Phi) is 3.01. The van der Waals surface area contributed by atoms with Gasteiger partial charge in [-0.2, -0.15) is 13.2 Å². The normalized spacial score (nSPS) is 11.6. The van der Waals surface area contributed by atoms with Crippen LogP contribution in [0.4, 0.5) is 17.6 Å². The van der Waals surface area contributed by atoms with E-state index in [0.29, 0.717) is 0 Å². The molecule has 8 heteroatoms. The van der Waals surface area contributed by atoms with Crippen molar-refractivity contribution < 1.29 is 31.9 Å². The Morgan fingerprint density at radius 3 is 2.37 bits per heavy atom. The minimum absolute atomic E-state index is 0.347. The molecule has 0 unspecified atom stereocenters. The number of hydrogen-bond acceptors (Lipinski definition) is 3. The summed E-state index contributed by atoms with van der Waals surface area (Å²) in [5.41, 5.74) is -1.65. The minimum Gasteiger partial charge on any atom is -0.476 e. The maximum absolute atomic E-state index is 13.4. The summed E-state index contributed by atoms with van der Waals surface area (Å²) in [4.78, 5) is 13.9. The van der Waals surface area contributed by atoms with Crippen molar-refractivity contribution in [2.45, 2.75) is 6.18 Å². The van der Waals surface area contributed by atoms with E-state index in [1.165, 1.54) is 12.1 Å². The molecule has 19 heavy (non-hydrogen) atoms. The van der Waals surface area contributed by atoms with Crippen LogP contribution in [0.5, 0.6) is 0 Å². The summed E-state index contributed by atoms with van der Waals surface area (Å²) in [6.07, 6.45) is -5.02. The lowest BCUT2D eigenvalue weighted by Crippen LogP contribution is -2.10. The van der Waals surface area contributed by atoms with Crippen molar-refractivity contribution in [2.24, 2.45) is 0 Å². The predicted octanol–water partition coefficient (Wildman–Crippen LogP) is 3.20. The van der Waals surface area contributed by atoms with E-state index in [9.17, 15) is 22.4 Å². The lowest BCUT2D eigenvalue weighted by molar-refractivity contribution is -0.153. The number of benzene rings is 1. The third-order valence-electron chi connectivity index (χ3n) is 2.19. The molecule has 1 aromatic heterocycles. The number of halogens is 4. The second kappa shape index (κ2) is 4.38. The van der Waals surface area contributed by atoms with Gasteiger partial charge in [-0.15, -0.1) is 0 Å². The smallest absolute Gasteiger partial charge is 0.452 e. The van der Waals surface area contributed by atoms with Gasteiger partial charge in [0.05, 0.1) is 5.56 Å². The van der Waals surface area contributed by atoms with Gasteiger partial charge >= 0.3 is 12.1 Å². The number of oxazole rings is 1. The van der Waals surface area contributed by atoms with Crippen molar-refractivity contribution in [3.63, 3.8) is 0 Å². The highest BCUT2D eigenvalue weighted by Crippen LogP contribution is 2.35. The van der Waals surface area contributed by atoms with Gasteiger partial charge in [-0.3, -0.25) is 0 Å². The van der Waals surface area contributed by atoms with Gasteiger partial charge in [-0.25, -0.2) is 14.2 Å². The van der Waals surface area contributed by atoms with Crippen LogP contribution in [0, 0.1) is 5.82 Å². The average Bonchev–Trinajstić information content (AvgIpc) is 2.74. The number of carbonyl (C=O) groups is 1. The van der Waals surface area contributed by atoms with Crippen molar-refractivity contribution >= 4 is 5.97 Å². The van der Waals surface area contributed by atoms with Crippen LogP contribution in [0.2, 0.25) is 0 Å². The zero-order chi connectivity index (χ0) is 14.2. The van der Waals surface area contributed by atoms with Crippen LogP contribution in [0.15, 0.2) is 28.7 Å². The van der Waals surface area contributed by atoms with E-state index < -0.39 is 35.3 Å². The highest BCUT2D eigenvalue weighted by molar-refractivity contribution is 5.87. The van der Waals surface area contributed by atoms with Gasteiger partial charge in [0, 0.05) is 0 Å². The van der Waals surface area contributed by atoms with Crippen LogP contribution >= 0.6 is 0 Å². The Hall–Kier alpha value is -2.38. The van der Waals surface area contributed by atoms with Crippen LogP contribution in [0.25, 0.3) is 11.5 Å². The molecule has 0 atom stereocenters. The molecule has 0 bridgehead atoms. The number of hydrogen-bond donors (Lipinski definition) is 1. The third kappa shape index (κ3) is 2.42. The predicted molar refractivity (Wildman–Crippen MR) is 53.9 cm³/mol. The SMILES string of the molecule is O=C(O)c1nc(-c2ccccc2F)oc1C(F)(F)F. The van der Waals surface area contributed by atoms with Gasteiger partial charge in [-0.1, -0.05) is 12.1 Å². The van der Waals surface area contributed by atoms with Crippen molar-refractivity contribution in [1.82, 2.24) is 4.98 Å². The van der Waals surface area contributed by atoms with Gasteiger partial charge in [0.2, 0.25) is 11.7 Å². The van der Waals surface area contributed by atoms with E-state index in [0.717, 1.165) is 12.1 Å². The van der Waals surface area contributed by atoms with Crippen molar-refractivity contribution in [2.75, 3.05) is 0 Å². The van der Waals surface area contributed by atoms with Gasteiger partial charge in [0.1, 0.15) is 5.82 Å². The average molecular weight is 275 g/mol. The summed E-state index contributed by atoms with van der Waals surface area (Å²) in [5, 5.41) is 8.64. The summed E-state index contributed by atoms with van der Waals surface area (Å²) < 4.78 is 55.4. The maximum Gasteiger partial charge on any atom is 0.452 e. The molecule has 0 saturated carbocycles. The Morgan fingerprint density at radius 2 is 1.89 bits per heavy atom. The minimum atomic E-state index is -5.02. The fourth-order valence-corrected chi connectivity index (χ4v) is 1.41. The number of carboxylic acid groups (broad SMARTS) is 1. The topological polar surface area (TPSA) is 63.3 Å². The molecule has 0 aliphatic heterocycles. The van der Waals surface area contributed by atoms with Crippen LogP contribution in [0.3, 0.4) is 0 Å². The summed E-state index contributed by atoms with van der Waals surface area (Å²) in [6.45, 7) is 0. The molecule has 100 valence electrons. The Bertz CT molecular complexity index is 633. The van der Waals surface area contributed by atoms with E-state index in [-0.39, 0.29) is 5.56 Å². The zero-order valence-corrected chi connectivity index (χ0v) is 9.03. The van der Waals surface area contributed by atoms with Crippen molar-refractivity contribution in [3.05, 3.63) is 41.5 Å². The molecule has 0 spiro atoms. The first-order valence-electron chi connectivity index (χ1n) is 4.87. The van der Waals surface area contributed by atoms with Gasteiger partial charge in [-0.05, 0) is 12.1 Å². The Balaban J connectivity index is 2.62. The highest BCUT2D eigenvalue weighted by atomic mass is 19.4. The molecule has 1 heterocycles. The van der Waals surface area contributed by atoms with Crippen LogP contribution in [0.1, 0.15) is 16.2 Å². The fraction of sp³-hybridized carbons (Fsp3) is 0.0909. The molecular weight excluding hydrogens is 270 g/mol. The van der Waals surface area contributed by atoms with E-state index in [1.54, 1.807) is 0 Å². The molecule has 0 amide bonds. The number of aromatic carboxylic acids is 1. The summed E-state index contributed by atoms with van der Waals surface area (Å²) in [6, 6.07) is 4.81. The lowest BCUT2D eigenvalue weighted by atomic mass is 10.2. The van der Waals surface area contributed by atoms with Gasteiger partial charge < -0.3 is 9.52 Å². The molecule has 0 saturated heterocycles. The molecule has 0 aliphatic rings. The van der Waals surface area contributed by atoms with E-state index >= 15 is 0 Å². The summed E-state index contributed by atoms with van der Waals surface area (Å²) >= 11 is 0. The Labute approximate surface area is 103 Å². The molecule has 1 aromatic carbocycles. The third-order valence-corrected chi connectivity index (χ3v) is 2.19. The standard InChI is InChI=1S/C11H5F4NO3/c12-6-4-2-1-3-5(6)9-16-7(10(17)18)8(19-9)11(13,14)15/h1-4H,(H,17,18). The quantitative estimate of drug-likeness (QED) is 0.855. The highest BCUT2D eigenvalue weighted by Gasteiger charge is 2.42. The molecule has 2 aromatic rings. The molecule has 4 nitrogen and oxygen atoms in total. The van der Waals surface area contributed by atoms with Gasteiger partial charge in [0.25, 0.3) is 0 Å². The molecule has 0 fully saturated rings. The largest absolute Gasteiger partial charge is 0.476 e. The first-order chi connectivity index (χ1) is 8.80. The number of aromatic nitrogens is 1. The Morgan fingerprint density at radius 1 is 1.26 bits per heavy atom. The summed E-state index contributed by atoms with van der Waals surface area (Å²) in [7, 11) is 0. The van der Waals surface area contributed by atoms with E-state index in [2.05, 4.69) is 9.40 Å². The molecule has 0 aliphatic carbocycles. The molecule has 1 N–H and O–H groups in total. The number of carboxylic acids is 1. The van der Waals surface area contributed by atoms with E-state index in [4.69, 9.17) is 5.11 Å². The monoisotopic (exact) mass is 275 g/mol. The first kappa shape index (κ1) is 13.1. The molecular formula is C11H5F4NO3. The van der Waals surface area contributed by atoms with Crippen LogP contribution in [-0.2, 0) is 6.18 Å². The fourth-order valence-electron chi connectivity index (χ4n) is 1.41. The zero-order valence-electron chi connectivity index (χ0n) is 9.03. The number of rotatable bonds is 2. The van der Waals surface area contributed by atoms with Crippen LogP contribution in [-0.4, -0.2) is 16.1 Å². The lowest BCUT2D eigenvalue weighted by Gasteiger charge is -2.01. The van der Waals surface area contributed by atoms with E-state index in [1.807, 2.05) is 0 Å². The number of alkyl halides is 3. The first-order valence-corrected chi connectivity index (χ1v) is 4.87. The second-order valence-corrected chi connectivity index (χ2v) is 3.48. The molecule has 2 rings (SSSR count).